The van der Waals surface area contributed by atoms with Crippen LogP contribution in [0, 0.1) is 16.0 Å². The summed E-state index contributed by atoms with van der Waals surface area (Å²) in [5, 5.41) is 14.9. The summed E-state index contributed by atoms with van der Waals surface area (Å²) in [4.78, 5) is 18.2. The molecule has 4 rings (SSSR count). The van der Waals surface area contributed by atoms with E-state index < -0.39 is 0 Å². The monoisotopic (exact) mass is 493 g/mol. The molecule has 1 aliphatic carbocycles. The van der Waals surface area contributed by atoms with Crippen molar-refractivity contribution in [1.29, 1.82) is 0 Å². The van der Waals surface area contributed by atoms with E-state index in [0.717, 1.165) is 44.2 Å². The van der Waals surface area contributed by atoms with Crippen molar-refractivity contribution in [1.82, 2.24) is 14.9 Å². The maximum absolute atomic E-state index is 11.6. The standard InChI is InChI=1S/C15H17Br2N5O2.ClH/c16-10-7-11-13(14(12(10)17)22(23)24)19-15(20-5-3-18-4-6-20)21(11)8-9-1-2-9;/h7,9,18H,1-6,8H2;1H. The van der Waals surface area contributed by atoms with E-state index in [0.29, 0.717) is 20.4 Å². The number of nitro groups is 1. The second-order valence-corrected chi connectivity index (χ2v) is 8.00. The number of benzene rings is 1. The average Bonchev–Trinajstić information content (AvgIpc) is 3.32. The minimum atomic E-state index is -0.354. The van der Waals surface area contributed by atoms with Gasteiger partial charge in [0.1, 0.15) is 4.47 Å². The van der Waals surface area contributed by atoms with Crippen LogP contribution < -0.4 is 10.2 Å². The number of imidazole rings is 1. The summed E-state index contributed by atoms with van der Waals surface area (Å²) >= 11 is 6.77. The first-order valence-electron chi connectivity index (χ1n) is 8.04. The van der Waals surface area contributed by atoms with Crippen LogP contribution in [0.1, 0.15) is 12.8 Å². The molecule has 1 N–H and O–H groups in total. The van der Waals surface area contributed by atoms with Crippen LogP contribution in [0.15, 0.2) is 15.0 Å². The fraction of sp³-hybridized carbons (Fsp3) is 0.533. The van der Waals surface area contributed by atoms with Crippen LogP contribution in [-0.2, 0) is 6.54 Å². The van der Waals surface area contributed by atoms with Crippen molar-refractivity contribution in [3.63, 3.8) is 0 Å². The summed E-state index contributed by atoms with van der Waals surface area (Å²) < 4.78 is 3.30. The topological polar surface area (TPSA) is 76.2 Å². The number of nitrogens with zero attached hydrogens (tertiary/aromatic N) is 4. The van der Waals surface area contributed by atoms with E-state index in [1.807, 2.05) is 6.07 Å². The Morgan fingerprint density at radius 1 is 1.32 bits per heavy atom. The second-order valence-electron chi connectivity index (χ2n) is 6.35. The quantitative estimate of drug-likeness (QED) is 0.517. The zero-order valence-electron chi connectivity index (χ0n) is 13.4. The van der Waals surface area contributed by atoms with E-state index in [2.05, 4.69) is 46.6 Å². The number of anilines is 1. The highest BCUT2D eigenvalue weighted by Gasteiger charge is 2.30. The Balaban J connectivity index is 0.00000182. The molecule has 1 saturated heterocycles. The minimum absolute atomic E-state index is 0. The van der Waals surface area contributed by atoms with Gasteiger partial charge in [-0.15, -0.1) is 12.4 Å². The third-order valence-corrected chi connectivity index (χ3v) is 6.57. The van der Waals surface area contributed by atoms with E-state index >= 15 is 0 Å². The highest BCUT2D eigenvalue weighted by molar-refractivity contribution is 9.13. The molecule has 0 bridgehead atoms. The van der Waals surface area contributed by atoms with Gasteiger partial charge in [0, 0.05) is 37.2 Å². The van der Waals surface area contributed by atoms with Gasteiger partial charge in [-0.1, -0.05) is 0 Å². The molecule has 1 aromatic heterocycles. The van der Waals surface area contributed by atoms with Crippen molar-refractivity contribution in [2.45, 2.75) is 19.4 Å². The van der Waals surface area contributed by atoms with Crippen LogP contribution in [0.25, 0.3) is 11.0 Å². The summed E-state index contributed by atoms with van der Waals surface area (Å²) in [7, 11) is 0. The van der Waals surface area contributed by atoms with Gasteiger partial charge in [-0.2, -0.15) is 0 Å². The molecule has 25 heavy (non-hydrogen) atoms. The lowest BCUT2D eigenvalue weighted by Crippen LogP contribution is -2.44. The number of fused-ring (bicyclic) bond motifs is 1. The van der Waals surface area contributed by atoms with Gasteiger partial charge in [-0.25, -0.2) is 4.98 Å². The zero-order chi connectivity index (χ0) is 16.8. The van der Waals surface area contributed by atoms with Crippen LogP contribution in [0.5, 0.6) is 0 Å². The van der Waals surface area contributed by atoms with Gasteiger partial charge >= 0.3 is 5.69 Å². The Morgan fingerprint density at radius 3 is 2.60 bits per heavy atom. The van der Waals surface area contributed by atoms with Crippen LogP contribution in [0.2, 0.25) is 0 Å². The van der Waals surface area contributed by atoms with E-state index in [1.54, 1.807) is 0 Å². The van der Waals surface area contributed by atoms with Gasteiger partial charge in [0.25, 0.3) is 0 Å². The highest BCUT2D eigenvalue weighted by atomic mass is 79.9. The van der Waals surface area contributed by atoms with E-state index in [4.69, 9.17) is 4.98 Å². The van der Waals surface area contributed by atoms with Crippen LogP contribution in [-0.4, -0.2) is 40.7 Å². The second kappa shape index (κ2) is 7.38. The number of piperazine rings is 1. The SMILES string of the molecule is Cl.O=[N+]([O-])c1c(Br)c(Br)cc2c1nc(N1CCNCC1)n2CC1CC1. The van der Waals surface area contributed by atoms with Crippen LogP contribution >= 0.6 is 44.3 Å². The normalized spacial score (nSPS) is 17.6. The molecule has 2 fully saturated rings. The zero-order valence-corrected chi connectivity index (χ0v) is 17.4. The van der Waals surface area contributed by atoms with Crippen molar-refractivity contribution in [2.24, 2.45) is 5.92 Å². The molecule has 2 heterocycles. The lowest BCUT2D eigenvalue weighted by Gasteiger charge is -2.29. The average molecular weight is 496 g/mol. The Bertz CT molecular complexity index is 818. The molecule has 1 aliphatic heterocycles. The number of rotatable bonds is 4. The largest absolute Gasteiger partial charge is 0.340 e. The van der Waals surface area contributed by atoms with E-state index in [-0.39, 0.29) is 23.0 Å². The molecular formula is C15H18Br2ClN5O2. The van der Waals surface area contributed by atoms with Crippen molar-refractivity contribution in [2.75, 3.05) is 31.1 Å². The molecule has 10 heteroatoms. The molecule has 1 saturated carbocycles. The summed E-state index contributed by atoms with van der Waals surface area (Å²) in [6.07, 6.45) is 2.45. The lowest BCUT2D eigenvalue weighted by molar-refractivity contribution is -0.384. The molecule has 1 aromatic carbocycles. The summed E-state index contributed by atoms with van der Waals surface area (Å²) in [5.41, 5.74) is 1.33. The molecule has 136 valence electrons. The van der Waals surface area contributed by atoms with E-state index in [9.17, 15) is 10.1 Å². The predicted molar refractivity (Wildman–Crippen MR) is 107 cm³/mol. The minimum Gasteiger partial charge on any atom is -0.340 e. The molecule has 0 spiro atoms. The first-order valence-corrected chi connectivity index (χ1v) is 9.63. The van der Waals surface area contributed by atoms with Gasteiger partial charge in [-0.05, 0) is 56.7 Å². The summed E-state index contributed by atoms with van der Waals surface area (Å²) in [6.45, 7) is 4.42. The number of nitrogens with one attached hydrogen (secondary N) is 1. The highest BCUT2D eigenvalue weighted by Crippen LogP contribution is 2.42. The molecule has 7 nitrogen and oxygen atoms in total. The molecular weight excluding hydrogens is 477 g/mol. The van der Waals surface area contributed by atoms with Crippen molar-refractivity contribution < 1.29 is 4.92 Å². The summed E-state index contributed by atoms with van der Waals surface area (Å²) in [6, 6.07) is 1.94. The maximum atomic E-state index is 11.6. The summed E-state index contributed by atoms with van der Waals surface area (Å²) in [5.74, 6) is 1.51. The third kappa shape index (κ3) is 3.51. The molecule has 2 aliphatic rings. The van der Waals surface area contributed by atoms with Gasteiger partial charge in [0.05, 0.1) is 10.4 Å². The number of hydrogen-bond donors (Lipinski definition) is 1. The number of nitro benzene ring substituents is 1. The number of halogens is 3. The molecule has 2 aromatic rings. The first kappa shape index (κ1) is 18.9. The van der Waals surface area contributed by atoms with E-state index in [1.165, 1.54) is 12.8 Å². The smallest absolute Gasteiger partial charge is 0.312 e. The van der Waals surface area contributed by atoms with Crippen molar-refractivity contribution >= 4 is 66.9 Å². The predicted octanol–water partition coefficient (Wildman–Crippen LogP) is 3.71. The van der Waals surface area contributed by atoms with Gasteiger partial charge in [-0.3, -0.25) is 10.1 Å². The van der Waals surface area contributed by atoms with Gasteiger partial charge in [0.15, 0.2) is 5.52 Å². The fourth-order valence-corrected chi connectivity index (χ4v) is 4.04. The number of aromatic nitrogens is 2. The maximum Gasteiger partial charge on any atom is 0.312 e. The molecule has 0 unspecified atom stereocenters. The first-order chi connectivity index (χ1) is 11.6. The third-order valence-electron chi connectivity index (χ3n) is 4.61. The van der Waals surface area contributed by atoms with Crippen molar-refractivity contribution in [3.05, 3.63) is 25.1 Å². The fourth-order valence-electron chi connectivity index (χ4n) is 3.19. The Morgan fingerprint density at radius 2 is 2.00 bits per heavy atom. The molecule has 0 radical (unpaired) electrons. The van der Waals surface area contributed by atoms with Gasteiger partial charge in [0.2, 0.25) is 5.95 Å². The Hall–Kier alpha value is -0.900. The number of hydrogen-bond acceptors (Lipinski definition) is 5. The molecule has 0 amide bonds. The van der Waals surface area contributed by atoms with Crippen molar-refractivity contribution in [3.8, 4) is 0 Å². The Labute approximate surface area is 168 Å². The van der Waals surface area contributed by atoms with Crippen LogP contribution in [0.4, 0.5) is 11.6 Å². The molecule has 0 atom stereocenters. The lowest BCUT2D eigenvalue weighted by atomic mass is 10.2. The van der Waals surface area contributed by atoms with Gasteiger partial charge < -0.3 is 14.8 Å². The Kier molecular flexibility index (Phi) is 5.57. The van der Waals surface area contributed by atoms with Crippen LogP contribution in [0.3, 0.4) is 0 Å².